The molecule has 0 heterocycles. The quantitative estimate of drug-likeness (QED) is 0.603. The summed E-state index contributed by atoms with van der Waals surface area (Å²) in [5, 5.41) is 29.2. The van der Waals surface area contributed by atoms with E-state index in [2.05, 4.69) is 0 Å². The highest BCUT2D eigenvalue weighted by Crippen LogP contribution is 2.28. The molecule has 3 N–H and O–H groups in total. The van der Waals surface area contributed by atoms with Crippen LogP contribution in [0, 0.1) is 0 Å². The van der Waals surface area contributed by atoms with E-state index in [9.17, 15) is 24.9 Å². The minimum absolute atomic E-state index is 0.0278. The number of rotatable bonds is 5. The van der Waals surface area contributed by atoms with Crippen LogP contribution in [0.4, 0.5) is 5.69 Å². The molecule has 0 radical (unpaired) electrons. The Bertz CT molecular complexity index is 1060. The lowest BCUT2D eigenvalue weighted by atomic mass is 10.1. The Kier molecular flexibility index (Phi) is 5.92. The van der Waals surface area contributed by atoms with Crippen LogP contribution >= 0.6 is 0 Å². The molecule has 0 saturated carbocycles. The predicted octanol–water partition coefficient (Wildman–Crippen LogP) is 3.35. The predicted molar refractivity (Wildman–Crippen MR) is 113 cm³/mol. The highest BCUT2D eigenvalue weighted by atomic mass is 16.3. The van der Waals surface area contributed by atoms with Crippen LogP contribution < -0.4 is 4.90 Å². The second kappa shape index (κ2) is 8.57. The largest absolute Gasteiger partial charge is 0.508 e. The van der Waals surface area contributed by atoms with Gasteiger partial charge >= 0.3 is 0 Å². The van der Waals surface area contributed by atoms with Crippen LogP contribution in [0.3, 0.4) is 0 Å². The van der Waals surface area contributed by atoms with Crippen molar-refractivity contribution in [2.45, 2.75) is 6.54 Å². The van der Waals surface area contributed by atoms with Crippen molar-refractivity contribution in [2.24, 2.45) is 0 Å². The third-order valence-corrected chi connectivity index (χ3v) is 4.57. The van der Waals surface area contributed by atoms with E-state index in [1.165, 1.54) is 34.1 Å². The first-order chi connectivity index (χ1) is 14.3. The summed E-state index contributed by atoms with van der Waals surface area (Å²) < 4.78 is 0. The third kappa shape index (κ3) is 4.52. The van der Waals surface area contributed by atoms with E-state index in [0.717, 1.165) is 11.6 Å². The number of carbonyl (C=O) groups is 2. The standard InChI is InChI=1S/C23H22N2O5/c1-24(2)22(29)16-5-7-17(8-6-16)25(14-15-3-9-18(26)10-4-15)23(30)20-12-11-19(27)13-21(20)28/h3-13,26-28H,14H2,1-2H3. The molecule has 7 heteroatoms. The van der Waals surface area contributed by atoms with E-state index in [4.69, 9.17) is 0 Å². The van der Waals surface area contributed by atoms with Gasteiger partial charge in [-0.3, -0.25) is 9.59 Å². The Morgan fingerprint density at radius 1 is 0.767 bits per heavy atom. The summed E-state index contributed by atoms with van der Waals surface area (Å²) in [6.07, 6.45) is 0. The van der Waals surface area contributed by atoms with Gasteiger partial charge in [0.1, 0.15) is 17.2 Å². The summed E-state index contributed by atoms with van der Waals surface area (Å²) in [5.41, 5.74) is 1.79. The fourth-order valence-electron chi connectivity index (χ4n) is 2.95. The molecule has 30 heavy (non-hydrogen) atoms. The highest BCUT2D eigenvalue weighted by Gasteiger charge is 2.22. The number of nitrogens with zero attached hydrogens (tertiary/aromatic N) is 2. The topological polar surface area (TPSA) is 101 Å². The van der Waals surface area contributed by atoms with Gasteiger partial charge in [0.2, 0.25) is 0 Å². The Labute approximate surface area is 174 Å². The van der Waals surface area contributed by atoms with Gasteiger partial charge in [0.05, 0.1) is 12.1 Å². The van der Waals surface area contributed by atoms with Crippen molar-refractivity contribution < 1.29 is 24.9 Å². The maximum atomic E-state index is 13.2. The molecule has 0 bridgehead atoms. The van der Waals surface area contributed by atoms with Crippen LogP contribution in [0.5, 0.6) is 17.2 Å². The Hall–Kier alpha value is -4.00. The third-order valence-electron chi connectivity index (χ3n) is 4.57. The van der Waals surface area contributed by atoms with Crippen LogP contribution in [-0.4, -0.2) is 46.1 Å². The highest BCUT2D eigenvalue weighted by molar-refractivity contribution is 6.08. The fraction of sp³-hybridized carbons (Fsp3) is 0.130. The number of amides is 2. The average Bonchev–Trinajstić information content (AvgIpc) is 2.72. The first-order valence-corrected chi connectivity index (χ1v) is 9.19. The fourth-order valence-corrected chi connectivity index (χ4v) is 2.95. The summed E-state index contributed by atoms with van der Waals surface area (Å²) in [6, 6.07) is 16.8. The molecule has 0 atom stereocenters. The van der Waals surface area contributed by atoms with Gasteiger partial charge in [-0.25, -0.2) is 0 Å². The molecule has 0 aliphatic heterocycles. The molecule has 0 spiro atoms. The van der Waals surface area contributed by atoms with Crippen molar-refractivity contribution in [2.75, 3.05) is 19.0 Å². The van der Waals surface area contributed by atoms with Gasteiger partial charge < -0.3 is 25.1 Å². The number of phenols is 3. The van der Waals surface area contributed by atoms with E-state index in [0.29, 0.717) is 11.3 Å². The van der Waals surface area contributed by atoms with Crippen molar-refractivity contribution >= 4 is 17.5 Å². The molecular formula is C23H22N2O5. The number of carbonyl (C=O) groups excluding carboxylic acids is 2. The van der Waals surface area contributed by atoms with Gasteiger partial charge in [0, 0.05) is 31.4 Å². The average molecular weight is 406 g/mol. The van der Waals surface area contributed by atoms with Crippen LogP contribution in [0.25, 0.3) is 0 Å². The van der Waals surface area contributed by atoms with Gasteiger partial charge in [-0.15, -0.1) is 0 Å². The normalized spacial score (nSPS) is 10.5. The van der Waals surface area contributed by atoms with Crippen molar-refractivity contribution in [3.05, 3.63) is 83.4 Å². The number of anilines is 1. The number of hydrogen-bond acceptors (Lipinski definition) is 5. The molecule has 0 aliphatic rings. The van der Waals surface area contributed by atoms with Gasteiger partial charge in [-0.1, -0.05) is 12.1 Å². The molecule has 154 valence electrons. The minimum Gasteiger partial charge on any atom is -0.508 e. The van der Waals surface area contributed by atoms with E-state index in [-0.39, 0.29) is 35.3 Å². The summed E-state index contributed by atoms with van der Waals surface area (Å²) in [5.74, 6) is -1.02. The first kappa shape index (κ1) is 20.7. The van der Waals surface area contributed by atoms with Crippen molar-refractivity contribution in [1.82, 2.24) is 4.90 Å². The van der Waals surface area contributed by atoms with Crippen LogP contribution in [0.2, 0.25) is 0 Å². The molecule has 0 unspecified atom stereocenters. The summed E-state index contributed by atoms with van der Waals surface area (Å²) in [4.78, 5) is 28.3. The van der Waals surface area contributed by atoms with Crippen LogP contribution in [0.1, 0.15) is 26.3 Å². The molecule has 0 saturated heterocycles. The zero-order valence-corrected chi connectivity index (χ0v) is 16.6. The maximum absolute atomic E-state index is 13.2. The number of hydrogen-bond donors (Lipinski definition) is 3. The summed E-state index contributed by atoms with van der Waals surface area (Å²) in [7, 11) is 3.31. The lowest BCUT2D eigenvalue weighted by molar-refractivity contribution is 0.0827. The van der Waals surface area contributed by atoms with E-state index in [1.54, 1.807) is 50.5 Å². The zero-order chi connectivity index (χ0) is 21.8. The minimum atomic E-state index is -0.479. The number of benzene rings is 3. The Balaban J connectivity index is 1.99. The second-order valence-corrected chi connectivity index (χ2v) is 7.01. The lowest BCUT2D eigenvalue weighted by Crippen LogP contribution is -2.30. The molecule has 0 fully saturated rings. The molecule has 0 aliphatic carbocycles. The number of phenolic OH excluding ortho intramolecular Hbond substituents is 3. The molecule has 2 amide bonds. The van der Waals surface area contributed by atoms with E-state index >= 15 is 0 Å². The van der Waals surface area contributed by atoms with Crippen LogP contribution in [-0.2, 0) is 6.54 Å². The molecule has 3 aromatic carbocycles. The number of aromatic hydroxyl groups is 3. The Morgan fingerprint density at radius 2 is 1.37 bits per heavy atom. The monoisotopic (exact) mass is 406 g/mol. The van der Waals surface area contributed by atoms with Gasteiger partial charge in [-0.05, 0) is 54.1 Å². The smallest absolute Gasteiger partial charge is 0.262 e. The van der Waals surface area contributed by atoms with Gasteiger partial charge in [0.25, 0.3) is 11.8 Å². The first-order valence-electron chi connectivity index (χ1n) is 9.19. The van der Waals surface area contributed by atoms with Crippen LogP contribution in [0.15, 0.2) is 66.7 Å². The molecule has 7 nitrogen and oxygen atoms in total. The molecule has 3 rings (SSSR count). The van der Waals surface area contributed by atoms with Gasteiger partial charge in [-0.2, -0.15) is 0 Å². The van der Waals surface area contributed by atoms with Gasteiger partial charge in [0.15, 0.2) is 0 Å². The lowest BCUT2D eigenvalue weighted by Gasteiger charge is -2.24. The summed E-state index contributed by atoms with van der Waals surface area (Å²) >= 11 is 0. The Morgan fingerprint density at radius 3 is 1.93 bits per heavy atom. The molecule has 0 aromatic heterocycles. The maximum Gasteiger partial charge on any atom is 0.262 e. The summed E-state index contributed by atoms with van der Waals surface area (Å²) in [6.45, 7) is 0.167. The van der Waals surface area contributed by atoms with E-state index < -0.39 is 5.91 Å². The van der Waals surface area contributed by atoms with E-state index in [1.807, 2.05) is 0 Å². The molecular weight excluding hydrogens is 384 g/mol. The second-order valence-electron chi connectivity index (χ2n) is 7.01. The zero-order valence-electron chi connectivity index (χ0n) is 16.6. The van der Waals surface area contributed by atoms with Crippen molar-refractivity contribution in [3.63, 3.8) is 0 Å². The van der Waals surface area contributed by atoms with Crippen molar-refractivity contribution in [1.29, 1.82) is 0 Å². The van der Waals surface area contributed by atoms with Crippen molar-refractivity contribution in [3.8, 4) is 17.2 Å². The SMILES string of the molecule is CN(C)C(=O)c1ccc(N(Cc2ccc(O)cc2)C(=O)c2ccc(O)cc2O)cc1. The molecule has 3 aromatic rings.